The Labute approximate surface area is 218 Å². The molecule has 1 amide bonds. The monoisotopic (exact) mass is 515 g/mol. The summed E-state index contributed by atoms with van der Waals surface area (Å²) in [6, 6.07) is 22.0. The highest BCUT2D eigenvalue weighted by Crippen LogP contribution is 2.29. The number of carbonyl (C=O) groups is 1. The second-order valence-electron chi connectivity index (χ2n) is 8.77. The minimum atomic E-state index is -0.408. The van der Waals surface area contributed by atoms with Gasteiger partial charge in [-0.2, -0.15) is 9.36 Å². The number of benzene rings is 3. The summed E-state index contributed by atoms with van der Waals surface area (Å²) in [4.78, 5) is 32.2. The Kier molecular flexibility index (Phi) is 7.09. The van der Waals surface area contributed by atoms with E-state index in [1.807, 2.05) is 54.3 Å². The Morgan fingerprint density at radius 3 is 2.46 bits per heavy atom. The van der Waals surface area contributed by atoms with Gasteiger partial charge < -0.3 is 14.5 Å². The Balaban J connectivity index is 1.21. The van der Waals surface area contributed by atoms with E-state index in [2.05, 4.69) is 14.3 Å². The Hall–Kier alpha value is -4.31. The van der Waals surface area contributed by atoms with Crippen LogP contribution in [0.2, 0.25) is 0 Å². The fourth-order valence-corrected chi connectivity index (χ4v) is 4.76. The van der Waals surface area contributed by atoms with Crippen LogP contribution < -0.4 is 9.64 Å². The van der Waals surface area contributed by atoms with Crippen LogP contribution in [0.4, 0.5) is 11.4 Å². The Bertz CT molecular complexity index is 1400. The number of non-ortho nitro benzene ring substituents is 1. The van der Waals surface area contributed by atoms with E-state index < -0.39 is 4.92 Å². The normalized spacial score (nSPS) is 13.4. The molecule has 4 aromatic rings. The minimum Gasteiger partial charge on any atom is -0.430 e. The van der Waals surface area contributed by atoms with Gasteiger partial charge in [-0.05, 0) is 42.3 Å². The molecule has 0 saturated carbocycles. The lowest BCUT2D eigenvalue weighted by Crippen LogP contribution is -2.48. The molecule has 3 aromatic carbocycles. The van der Waals surface area contributed by atoms with Gasteiger partial charge in [-0.25, -0.2) is 0 Å². The molecule has 9 nitrogen and oxygen atoms in total. The predicted molar refractivity (Wildman–Crippen MR) is 142 cm³/mol. The van der Waals surface area contributed by atoms with Crippen molar-refractivity contribution in [1.29, 1.82) is 0 Å². The average Bonchev–Trinajstić information content (AvgIpc) is 3.37. The smallest absolute Gasteiger partial charge is 0.298 e. The number of hydrogen-bond acceptors (Lipinski definition) is 8. The van der Waals surface area contributed by atoms with Crippen molar-refractivity contribution in [1.82, 2.24) is 14.3 Å². The lowest BCUT2D eigenvalue weighted by atomic mass is 10.1. The van der Waals surface area contributed by atoms with Crippen molar-refractivity contribution in [2.24, 2.45) is 0 Å². The number of nitro benzene ring substituents is 1. The molecule has 188 valence electrons. The van der Waals surface area contributed by atoms with Crippen molar-refractivity contribution in [3.05, 3.63) is 105 Å². The fraction of sp³-hybridized carbons (Fsp3) is 0.222. The number of ether oxygens (including phenoxy) is 1. The molecule has 10 heteroatoms. The molecule has 0 bridgehead atoms. The number of piperazine rings is 1. The standard InChI is InChI=1S/C27H25N5O4S/c1-19-7-8-21(18-24(19)36-27-28-25(29-37-27)17-20-5-3-2-4-6-20)26(33)31-15-13-30(14-16-31)22-9-11-23(12-10-22)32(34)35/h2-12,18H,13-17H2,1H3. The second-order valence-corrected chi connectivity index (χ2v) is 9.49. The number of nitro groups is 1. The summed E-state index contributed by atoms with van der Waals surface area (Å²) in [6.07, 6.45) is 0.629. The van der Waals surface area contributed by atoms with E-state index in [9.17, 15) is 14.9 Å². The van der Waals surface area contributed by atoms with Crippen molar-refractivity contribution >= 4 is 28.8 Å². The average molecular weight is 516 g/mol. The van der Waals surface area contributed by atoms with Crippen molar-refractivity contribution in [3.63, 3.8) is 0 Å². The van der Waals surface area contributed by atoms with Crippen LogP contribution >= 0.6 is 11.5 Å². The third-order valence-electron chi connectivity index (χ3n) is 6.28. The molecule has 1 aromatic heterocycles. The van der Waals surface area contributed by atoms with Crippen LogP contribution in [0, 0.1) is 17.0 Å². The first kappa shape index (κ1) is 24.4. The van der Waals surface area contributed by atoms with E-state index in [0.29, 0.717) is 54.9 Å². The van der Waals surface area contributed by atoms with Gasteiger partial charge in [0.25, 0.3) is 16.8 Å². The molecular weight excluding hydrogens is 490 g/mol. The molecule has 5 rings (SSSR count). The first-order valence-corrected chi connectivity index (χ1v) is 12.7. The lowest BCUT2D eigenvalue weighted by molar-refractivity contribution is -0.384. The maximum atomic E-state index is 13.2. The summed E-state index contributed by atoms with van der Waals surface area (Å²) in [5.41, 5.74) is 3.56. The number of anilines is 1. The number of rotatable bonds is 7. The fourth-order valence-electron chi connectivity index (χ4n) is 4.20. The number of nitrogens with zero attached hydrogens (tertiary/aromatic N) is 5. The molecule has 0 spiro atoms. The topological polar surface area (TPSA) is 102 Å². The van der Waals surface area contributed by atoms with E-state index in [-0.39, 0.29) is 11.6 Å². The maximum absolute atomic E-state index is 13.2. The van der Waals surface area contributed by atoms with Gasteiger partial charge in [0.1, 0.15) is 5.75 Å². The molecule has 0 atom stereocenters. The zero-order valence-corrected chi connectivity index (χ0v) is 21.1. The van der Waals surface area contributed by atoms with Crippen LogP contribution in [0.5, 0.6) is 10.9 Å². The minimum absolute atomic E-state index is 0.0600. The molecule has 37 heavy (non-hydrogen) atoms. The van der Waals surface area contributed by atoms with Crippen LogP contribution in [0.15, 0.2) is 72.8 Å². The van der Waals surface area contributed by atoms with Crippen LogP contribution in [0.1, 0.15) is 27.3 Å². The highest BCUT2D eigenvalue weighted by atomic mass is 32.1. The number of amides is 1. The van der Waals surface area contributed by atoms with Crippen molar-refractivity contribution in [2.45, 2.75) is 13.3 Å². The van der Waals surface area contributed by atoms with Gasteiger partial charge >= 0.3 is 0 Å². The molecule has 1 saturated heterocycles. The summed E-state index contributed by atoms with van der Waals surface area (Å²) < 4.78 is 10.4. The summed E-state index contributed by atoms with van der Waals surface area (Å²) in [7, 11) is 0. The summed E-state index contributed by atoms with van der Waals surface area (Å²) in [6.45, 7) is 4.33. The highest BCUT2D eigenvalue weighted by molar-refractivity contribution is 7.07. The third kappa shape index (κ3) is 5.75. The summed E-state index contributed by atoms with van der Waals surface area (Å²) >= 11 is 1.19. The maximum Gasteiger partial charge on any atom is 0.298 e. The molecule has 0 N–H and O–H groups in total. The summed E-state index contributed by atoms with van der Waals surface area (Å²) in [5.74, 6) is 1.22. The molecule has 0 radical (unpaired) electrons. The number of hydrogen-bond donors (Lipinski definition) is 0. The van der Waals surface area contributed by atoms with E-state index in [1.54, 1.807) is 18.2 Å². The molecule has 1 aliphatic heterocycles. The summed E-state index contributed by atoms with van der Waals surface area (Å²) in [5, 5.41) is 11.3. The molecular formula is C27H25N5O4S. The van der Waals surface area contributed by atoms with Gasteiger partial charge in [0, 0.05) is 67.5 Å². The molecule has 1 aliphatic rings. The quantitative estimate of drug-likeness (QED) is 0.249. The van der Waals surface area contributed by atoms with Crippen LogP contribution in [-0.2, 0) is 6.42 Å². The van der Waals surface area contributed by atoms with Gasteiger partial charge in [-0.1, -0.05) is 36.4 Å². The van der Waals surface area contributed by atoms with Crippen LogP contribution in [0.25, 0.3) is 0 Å². The van der Waals surface area contributed by atoms with E-state index in [1.165, 1.54) is 23.7 Å². The number of carbonyl (C=O) groups excluding carboxylic acids is 1. The molecule has 0 aliphatic carbocycles. The molecule has 0 unspecified atom stereocenters. The van der Waals surface area contributed by atoms with Crippen LogP contribution in [0.3, 0.4) is 0 Å². The van der Waals surface area contributed by atoms with Gasteiger partial charge in [0.05, 0.1) is 4.92 Å². The van der Waals surface area contributed by atoms with Crippen molar-refractivity contribution in [3.8, 4) is 10.9 Å². The van der Waals surface area contributed by atoms with Gasteiger partial charge in [0.15, 0.2) is 5.82 Å². The van der Waals surface area contributed by atoms with Gasteiger partial charge in [0.2, 0.25) is 0 Å². The predicted octanol–water partition coefficient (Wildman–Crippen LogP) is 5.10. The molecule has 1 fully saturated rings. The lowest BCUT2D eigenvalue weighted by Gasteiger charge is -2.36. The van der Waals surface area contributed by atoms with E-state index in [0.717, 1.165) is 16.8 Å². The Morgan fingerprint density at radius 1 is 1.03 bits per heavy atom. The second kappa shape index (κ2) is 10.8. The zero-order valence-electron chi connectivity index (χ0n) is 20.2. The van der Waals surface area contributed by atoms with Gasteiger partial charge in [-0.3, -0.25) is 14.9 Å². The third-order valence-corrected chi connectivity index (χ3v) is 6.91. The van der Waals surface area contributed by atoms with Crippen LogP contribution in [-0.4, -0.2) is 51.3 Å². The largest absolute Gasteiger partial charge is 0.430 e. The van der Waals surface area contributed by atoms with E-state index in [4.69, 9.17) is 4.74 Å². The van der Waals surface area contributed by atoms with E-state index >= 15 is 0 Å². The highest BCUT2D eigenvalue weighted by Gasteiger charge is 2.23. The Morgan fingerprint density at radius 2 is 1.76 bits per heavy atom. The SMILES string of the molecule is Cc1ccc(C(=O)N2CCN(c3ccc([N+](=O)[O-])cc3)CC2)cc1Oc1nc(Cc2ccccc2)ns1. The number of aryl methyl sites for hydroxylation is 1. The first-order chi connectivity index (χ1) is 18.0. The first-order valence-electron chi connectivity index (χ1n) is 11.9. The van der Waals surface area contributed by atoms with Crippen molar-refractivity contribution in [2.75, 3.05) is 31.1 Å². The van der Waals surface area contributed by atoms with Crippen molar-refractivity contribution < 1.29 is 14.5 Å². The zero-order chi connectivity index (χ0) is 25.8. The number of aromatic nitrogens is 2. The molecule has 2 heterocycles. The van der Waals surface area contributed by atoms with Gasteiger partial charge in [-0.15, -0.1) is 0 Å².